The topological polar surface area (TPSA) is 88.8 Å². The minimum absolute atomic E-state index is 0.0688. The molecule has 4 rings (SSSR count). The molecule has 0 fully saturated rings. The minimum atomic E-state index is -1.10. The highest BCUT2D eigenvalue weighted by Crippen LogP contribution is 2.28. The first kappa shape index (κ1) is 17.5. The molecule has 0 amide bonds. The second kappa shape index (κ2) is 6.70. The highest BCUT2D eigenvalue weighted by Gasteiger charge is 2.23. The number of aldehydes is 1. The van der Waals surface area contributed by atoms with Crippen molar-refractivity contribution in [2.24, 2.45) is 0 Å². The molecule has 0 aliphatic carbocycles. The number of H-pyrrole nitrogens is 1. The Morgan fingerprint density at radius 1 is 1.11 bits per heavy atom. The number of aromatic nitrogens is 2. The van der Waals surface area contributed by atoms with Gasteiger partial charge in [0.25, 0.3) is 0 Å². The molecule has 0 saturated carbocycles. The Balaban J connectivity index is 1.86. The quantitative estimate of drug-likeness (QED) is 0.318. The molecule has 0 spiro atoms. The van der Waals surface area contributed by atoms with Gasteiger partial charge in [-0.05, 0) is 29.8 Å². The number of aromatic amines is 1. The van der Waals surface area contributed by atoms with Gasteiger partial charge in [-0.3, -0.25) is 9.59 Å². The number of nitrogens with one attached hydrogen (secondary N) is 1. The van der Waals surface area contributed by atoms with Gasteiger partial charge in [-0.25, -0.2) is 13.8 Å². The largest absolute Gasteiger partial charge is 0.396 e. The Morgan fingerprint density at radius 3 is 2.71 bits per heavy atom. The zero-order valence-electron chi connectivity index (χ0n) is 14.4. The van der Waals surface area contributed by atoms with Crippen LogP contribution in [0.2, 0.25) is 0 Å². The highest BCUT2D eigenvalue weighted by molar-refractivity contribution is 6.16. The first-order valence-electron chi connectivity index (χ1n) is 8.30. The van der Waals surface area contributed by atoms with E-state index in [0.717, 1.165) is 24.0 Å². The second-order valence-electron chi connectivity index (χ2n) is 6.22. The van der Waals surface area contributed by atoms with E-state index in [2.05, 4.69) is 9.97 Å². The summed E-state index contributed by atoms with van der Waals surface area (Å²) in [5, 5.41) is 0.403. The summed E-state index contributed by atoms with van der Waals surface area (Å²) >= 11 is 0. The van der Waals surface area contributed by atoms with Crippen LogP contribution in [0.15, 0.2) is 54.9 Å². The number of nitrogen functional groups attached to an aromatic ring is 1. The lowest BCUT2D eigenvalue weighted by Gasteiger charge is -2.06. The number of carbonyl (C=O) groups is 2. The summed E-state index contributed by atoms with van der Waals surface area (Å²) in [6.45, 7) is 0. The third-order valence-electron chi connectivity index (χ3n) is 4.48. The first-order valence-corrected chi connectivity index (χ1v) is 8.30. The molecule has 0 atom stereocenters. The molecule has 2 aromatic carbocycles. The van der Waals surface area contributed by atoms with E-state index in [-0.39, 0.29) is 11.3 Å². The van der Waals surface area contributed by atoms with Crippen LogP contribution in [0.1, 0.15) is 26.3 Å². The minimum Gasteiger partial charge on any atom is -0.396 e. The normalized spacial score (nSPS) is 10.9. The molecule has 0 radical (unpaired) electrons. The van der Waals surface area contributed by atoms with E-state index in [1.807, 2.05) is 0 Å². The highest BCUT2D eigenvalue weighted by atomic mass is 19.1. The van der Waals surface area contributed by atoms with Crippen molar-refractivity contribution in [2.75, 3.05) is 5.73 Å². The van der Waals surface area contributed by atoms with Gasteiger partial charge in [-0.1, -0.05) is 18.2 Å². The second-order valence-corrected chi connectivity index (χ2v) is 6.22. The maximum absolute atomic E-state index is 14.3. The van der Waals surface area contributed by atoms with E-state index in [1.54, 1.807) is 36.5 Å². The van der Waals surface area contributed by atoms with E-state index in [9.17, 15) is 18.4 Å². The molecule has 2 heterocycles. The molecule has 2 aromatic heterocycles. The summed E-state index contributed by atoms with van der Waals surface area (Å²) < 4.78 is 28.4. The number of benzene rings is 2. The maximum atomic E-state index is 14.3. The lowest BCUT2D eigenvalue weighted by atomic mass is 9.99. The summed E-state index contributed by atoms with van der Waals surface area (Å²) in [6, 6.07) is 10.6. The first-order chi connectivity index (χ1) is 13.5. The Morgan fingerprint density at radius 2 is 1.93 bits per heavy atom. The van der Waals surface area contributed by atoms with E-state index >= 15 is 0 Å². The fourth-order valence-electron chi connectivity index (χ4n) is 3.05. The smallest absolute Gasteiger partial charge is 0.201 e. The zero-order valence-corrected chi connectivity index (χ0v) is 14.4. The number of hydrogen-bond acceptors (Lipinski definition) is 4. The lowest BCUT2D eigenvalue weighted by molar-refractivity contribution is 0.103. The fourth-order valence-corrected chi connectivity index (χ4v) is 3.05. The van der Waals surface area contributed by atoms with Crippen molar-refractivity contribution in [3.8, 4) is 11.1 Å². The van der Waals surface area contributed by atoms with Gasteiger partial charge >= 0.3 is 0 Å². The van der Waals surface area contributed by atoms with Crippen LogP contribution >= 0.6 is 0 Å². The third-order valence-corrected chi connectivity index (χ3v) is 4.48. The van der Waals surface area contributed by atoms with Gasteiger partial charge in [-0.15, -0.1) is 0 Å². The van der Waals surface area contributed by atoms with E-state index < -0.39 is 23.0 Å². The number of nitrogens with two attached hydrogens (primary N) is 1. The van der Waals surface area contributed by atoms with E-state index in [1.165, 1.54) is 6.20 Å². The molecule has 4 aromatic rings. The summed E-state index contributed by atoms with van der Waals surface area (Å²) in [5.74, 6) is -2.93. The Kier molecular flexibility index (Phi) is 4.19. The van der Waals surface area contributed by atoms with Crippen molar-refractivity contribution < 1.29 is 18.4 Å². The molecule has 0 aliphatic heterocycles. The number of carbonyl (C=O) groups excluding carboxylic acids is 2. The molecule has 7 heteroatoms. The Labute approximate surface area is 157 Å². The Bertz CT molecular complexity index is 1250. The van der Waals surface area contributed by atoms with Crippen molar-refractivity contribution in [1.29, 1.82) is 0 Å². The van der Waals surface area contributed by atoms with Gasteiger partial charge in [0.05, 0.1) is 11.3 Å². The zero-order chi connectivity index (χ0) is 19.8. The van der Waals surface area contributed by atoms with Gasteiger partial charge < -0.3 is 10.7 Å². The van der Waals surface area contributed by atoms with Crippen molar-refractivity contribution in [1.82, 2.24) is 9.97 Å². The number of halogens is 2. The van der Waals surface area contributed by atoms with Gasteiger partial charge in [0.15, 0.2) is 5.82 Å². The van der Waals surface area contributed by atoms with Crippen LogP contribution in [0, 0.1) is 11.6 Å². The molecule has 0 bridgehead atoms. The summed E-state index contributed by atoms with van der Waals surface area (Å²) in [7, 11) is 0. The molecule has 3 N–H and O–H groups in total. The van der Waals surface area contributed by atoms with Crippen LogP contribution in [0.4, 0.5) is 14.5 Å². The van der Waals surface area contributed by atoms with Crippen LogP contribution in [-0.4, -0.2) is 22.0 Å². The molecular formula is C21H13F2N3O2. The summed E-state index contributed by atoms with van der Waals surface area (Å²) in [5.41, 5.74) is 6.78. The van der Waals surface area contributed by atoms with Gasteiger partial charge in [-0.2, -0.15) is 0 Å². The lowest BCUT2D eigenvalue weighted by Crippen LogP contribution is -2.09. The van der Waals surface area contributed by atoms with E-state index in [4.69, 9.17) is 5.73 Å². The van der Waals surface area contributed by atoms with E-state index in [0.29, 0.717) is 22.2 Å². The van der Waals surface area contributed by atoms with Crippen molar-refractivity contribution in [3.63, 3.8) is 0 Å². The maximum Gasteiger partial charge on any atom is 0.201 e. The number of rotatable bonds is 4. The number of hydrogen-bond donors (Lipinski definition) is 2. The number of nitrogens with zero attached hydrogens (tertiary/aromatic N) is 1. The average molecular weight is 377 g/mol. The molecule has 0 unspecified atom stereocenters. The SMILES string of the molecule is Nc1ccc(F)c(C(=O)c2c[nH]c3ncc(-c4cccc(C=O)c4)cc23)c1F. The number of pyridine rings is 1. The molecular weight excluding hydrogens is 364 g/mol. The van der Waals surface area contributed by atoms with Gasteiger partial charge in [0, 0.05) is 34.5 Å². The molecule has 138 valence electrons. The molecule has 5 nitrogen and oxygen atoms in total. The van der Waals surface area contributed by atoms with Crippen LogP contribution in [0.25, 0.3) is 22.2 Å². The standard InChI is InChI=1S/C21H13F2N3O2/c22-16-4-5-17(24)19(23)18(16)20(28)15-9-26-21-14(15)7-13(8-25-21)12-3-1-2-11(6-12)10-27/h1-10H,24H2,(H,25,26). The molecule has 0 saturated heterocycles. The number of fused-ring (bicyclic) bond motifs is 1. The van der Waals surface area contributed by atoms with Crippen LogP contribution in [0.3, 0.4) is 0 Å². The van der Waals surface area contributed by atoms with Gasteiger partial charge in [0.2, 0.25) is 5.78 Å². The number of ketones is 1. The van der Waals surface area contributed by atoms with Crippen LogP contribution < -0.4 is 5.73 Å². The molecule has 28 heavy (non-hydrogen) atoms. The Hall–Kier alpha value is -3.87. The monoisotopic (exact) mass is 377 g/mol. The fraction of sp³-hybridized carbons (Fsp3) is 0. The van der Waals surface area contributed by atoms with Crippen LogP contribution in [0.5, 0.6) is 0 Å². The summed E-state index contributed by atoms with van der Waals surface area (Å²) in [6.07, 6.45) is 3.67. The van der Waals surface area contributed by atoms with Crippen LogP contribution in [-0.2, 0) is 0 Å². The predicted molar refractivity (Wildman–Crippen MR) is 101 cm³/mol. The average Bonchev–Trinajstić information content (AvgIpc) is 3.14. The number of anilines is 1. The van der Waals surface area contributed by atoms with Crippen molar-refractivity contribution in [2.45, 2.75) is 0 Å². The van der Waals surface area contributed by atoms with Crippen molar-refractivity contribution in [3.05, 3.63) is 83.2 Å². The summed E-state index contributed by atoms with van der Waals surface area (Å²) in [4.78, 5) is 30.9. The predicted octanol–water partition coefficient (Wildman–Crippen LogP) is 4.13. The third kappa shape index (κ3) is 2.83. The van der Waals surface area contributed by atoms with Crippen molar-refractivity contribution >= 4 is 28.8 Å². The molecule has 0 aliphatic rings. The van der Waals surface area contributed by atoms with Gasteiger partial charge in [0.1, 0.15) is 17.8 Å².